The molecule has 1 aliphatic rings. The maximum Gasteiger partial charge on any atom is 0.407 e. The molecule has 0 saturated carbocycles. The Hall–Kier alpha value is -2.04. The van der Waals surface area contributed by atoms with Crippen LogP contribution in [0.1, 0.15) is 30.0 Å². The average Bonchev–Trinajstić information content (AvgIpc) is 2.67. The molecular weight excluding hydrogens is 270 g/mol. The van der Waals surface area contributed by atoms with Crippen LogP contribution in [0.2, 0.25) is 0 Å². The topological polar surface area (TPSA) is 66.8 Å². The van der Waals surface area contributed by atoms with Crippen molar-refractivity contribution in [1.82, 2.24) is 4.90 Å². The third kappa shape index (κ3) is 4.21. The van der Waals surface area contributed by atoms with E-state index in [4.69, 9.17) is 9.84 Å². The van der Waals surface area contributed by atoms with Gasteiger partial charge in [-0.25, -0.2) is 4.79 Å². The Morgan fingerprint density at radius 2 is 2.14 bits per heavy atom. The first-order valence-electron chi connectivity index (χ1n) is 7.19. The normalized spacial score (nSPS) is 14.2. The molecule has 5 heteroatoms. The van der Waals surface area contributed by atoms with Gasteiger partial charge in [-0.1, -0.05) is 18.2 Å². The molecule has 1 aromatic rings. The fourth-order valence-electron chi connectivity index (χ4n) is 2.46. The first-order valence-corrected chi connectivity index (χ1v) is 7.19. The summed E-state index contributed by atoms with van der Waals surface area (Å²) in [5, 5.41) is 9.04. The number of fused-ring (bicyclic) bond motifs is 1. The molecule has 1 aromatic carbocycles. The number of hydrogen-bond acceptors (Lipinski definition) is 3. The highest BCUT2D eigenvalue weighted by molar-refractivity contribution is 5.69. The van der Waals surface area contributed by atoms with Gasteiger partial charge in [0.2, 0.25) is 0 Å². The van der Waals surface area contributed by atoms with Gasteiger partial charge in [-0.2, -0.15) is 0 Å². The number of hydrogen-bond donors (Lipinski definition) is 1. The molecular formula is C16H20NO4. The maximum atomic E-state index is 11.4. The Labute approximate surface area is 124 Å². The number of aryl methyl sites for hydroxylation is 1. The lowest BCUT2D eigenvalue weighted by atomic mass is 9.98. The lowest BCUT2D eigenvalue weighted by Crippen LogP contribution is -2.28. The second-order valence-electron chi connectivity index (χ2n) is 5.02. The first kappa shape index (κ1) is 15.4. The first-order chi connectivity index (χ1) is 10.1. The van der Waals surface area contributed by atoms with Crippen LogP contribution >= 0.6 is 0 Å². The summed E-state index contributed by atoms with van der Waals surface area (Å²) in [6.07, 6.45) is 1.44. The minimum absolute atomic E-state index is 0.183. The smallest absolute Gasteiger partial charge is 0.407 e. The van der Waals surface area contributed by atoms with Gasteiger partial charge in [0.1, 0.15) is 0 Å². The van der Waals surface area contributed by atoms with Crippen LogP contribution in [0, 0.1) is 6.54 Å². The molecule has 0 atom stereocenters. The summed E-state index contributed by atoms with van der Waals surface area (Å²) < 4.78 is 4.92. The number of carbonyl (C=O) groups excluding carboxylic acids is 1. The van der Waals surface area contributed by atoms with Crippen molar-refractivity contribution < 1.29 is 19.4 Å². The van der Waals surface area contributed by atoms with Crippen LogP contribution in [0.5, 0.6) is 0 Å². The van der Waals surface area contributed by atoms with E-state index in [9.17, 15) is 9.59 Å². The summed E-state index contributed by atoms with van der Waals surface area (Å²) in [4.78, 5) is 23.7. The van der Waals surface area contributed by atoms with Crippen LogP contribution < -0.4 is 0 Å². The van der Waals surface area contributed by atoms with Crippen molar-refractivity contribution in [3.8, 4) is 0 Å². The van der Waals surface area contributed by atoms with E-state index in [-0.39, 0.29) is 5.97 Å². The van der Waals surface area contributed by atoms with Crippen LogP contribution in [0.25, 0.3) is 0 Å². The van der Waals surface area contributed by atoms with Crippen molar-refractivity contribution in [2.75, 3.05) is 13.2 Å². The van der Waals surface area contributed by atoms with Crippen LogP contribution in [-0.4, -0.2) is 35.2 Å². The number of nitrogens with zero attached hydrogens (tertiary/aromatic N) is 1. The number of carbonyl (C=O) groups is 2. The predicted octanol–water partition coefficient (Wildman–Crippen LogP) is 2.42. The zero-order chi connectivity index (χ0) is 15.2. The van der Waals surface area contributed by atoms with Gasteiger partial charge in [-0.15, -0.1) is 0 Å². The molecule has 0 aliphatic carbocycles. The molecule has 0 aromatic heterocycles. The van der Waals surface area contributed by atoms with Crippen molar-refractivity contribution in [2.24, 2.45) is 0 Å². The van der Waals surface area contributed by atoms with Crippen molar-refractivity contribution >= 4 is 12.1 Å². The van der Waals surface area contributed by atoms with Gasteiger partial charge in [0.05, 0.1) is 13.2 Å². The Bertz CT molecular complexity index is 527. The standard InChI is InChI=1S/C16H20NO4/c1-2-21-15(18)6-4-12-3-5-13-7-9-17(16(19)20)10-8-14(13)11-12/h3,5,9,11H,2,4,6-8,10H2,1H3,(H,19,20). The highest BCUT2D eigenvalue weighted by Gasteiger charge is 2.18. The van der Waals surface area contributed by atoms with Gasteiger partial charge in [-0.3, -0.25) is 4.79 Å². The van der Waals surface area contributed by atoms with E-state index < -0.39 is 6.09 Å². The lowest BCUT2D eigenvalue weighted by molar-refractivity contribution is -0.143. The Balaban J connectivity index is 2.00. The Morgan fingerprint density at radius 1 is 1.33 bits per heavy atom. The molecule has 1 N–H and O–H groups in total. The van der Waals surface area contributed by atoms with Crippen molar-refractivity contribution in [1.29, 1.82) is 0 Å². The number of amides is 1. The van der Waals surface area contributed by atoms with Crippen LogP contribution in [-0.2, 0) is 28.8 Å². The number of benzene rings is 1. The maximum absolute atomic E-state index is 11.4. The van der Waals surface area contributed by atoms with Gasteiger partial charge >= 0.3 is 12.1 Å². The van der Waals surface area contributed by atoms with E-state index in [1.54, 1.807) is 13.5 Å². The van der Waals surface area contributed by atoms with Gasteiger partial charge < -0.3 is 14.7 Å². The molecule has 21 heavy (non-hydrogen) atoms. The zero-order valence-electron chi connectivity index (χ0n) is 12.2. The summed E-state index contributed by atoms with van der Waals surface area (Å²) in [6, 6.07) is 6.10. The second-order valence-corrected chi connectivity index (χ2v) is 5.02. The Morgan fingerprint density at radius 3 is 2.86 bits per heavy atom. The van der Waals surface area contributed by atoms with Gasteiger partial charge in [-0.05, 0) is 42.9 Å². The summed E-state index contributed by atoms with van der Waals surface area (Å²) in [6.45, 7) is 4.39. The molecule has 0 spiro atoms. The molecule has 5 nitrogen and oxygen atoms in total. The number of carboxylic acid groups (broad SMARTS) is 1. The van der Waals surface area contributed by atoms with Crippen molar-refractivity contribution in [2.45, 2.75) is 32.6 Å². The van der Waals surface area contributed by atoms with Gasteiger partial charge in [0, 0.05) is 13.0 Å². The summed E-state index contributed by atoms with van der Waals surface area (Å²) >= 11 is 0. The van der Waals surface area contributed by atoms with E-state index in [0.29, 0.717) is 38.8 Å². The molecule has 0 fully saturated rings. The molecule has 0 bridgehead atoms. The van der Waals surface area contributed by atoms with Crippen molar-refractivity contribution in [3.63, 3.8) is 0 Å². The van der Waals surface area contributed by atoms with E-state index in [0.717, 1.165) is 16.7 Å². The second kappa shape index (κ2) is 7.11. The van der Waals surface area contributed by atoms with E-state index in [2.05, 4.69) is 6.07 Å². The zero-order valence-corrected chi connectivity index (χ0v) is 12.2. The van der Waals surface area contributed by atoms with Crippen molar-refractivity contribution in [3.05, 3.63) is 41.4 Å². The van der Waals surface area contributed by atoms with Crippen LogP contribution in [0.4, 0.5) is 4.79 Å². The average molecular weight is 290 g/mol. The fourth-order valence-corrected chi connectivity index (χ4v) is 2.46. The van der Waals surface area contributed by atoms with Gasteiger partial charge in [0.15, 0.2) is 0 Å². The van der Waals surface area contributed by atoms with E-state index in [1.807, 2.05) is 12.1 Å². The van der Waals surface area contributed by atoms with Crippen LogP contribution in [0.15, 0.2) is 18.2 Å². The largest absolute Gasteiger partial charge is 0.466 e. The highest BCUT2D eigenvalue weighted by atomic mass is 16.5. The third-order valence-electron chi connectivity index (χ3n) is 3.59. The quantitative estimate of drug-likeness (QED) is 0.865. The third-order valence-corrected chi connectivity index (χ3v) is 3.59. The monoisotopic (exact) mass is 290 g/mol. The number of esters is 1. The Kier molecular flexibility index (Phi) is 5.20. The molecule has 2 rings (SSSR count). The molecule has 1 radical (unpaired) electrons. The molecule has 0 saturated heterocycles. The molecule has 0 unspecified atom stereocenters. The fraction of sp³-hybridized carbons (Fsp3) is 0.438. The number of rotatable bonds is 4. The lowest BCUT2D eigenvalue weighted by Gasteiger charge is -2.14. The molecule has 1 aliphatic heterocycles. The SMILES string of the molecule is CCOC(=O)CCc1ccc2c(c1)CCN(C(=O)O)[CH]C2. The molecule has 1 heterocycles. The highest BCUT2D eigenvalue weighted by Crippen LogP contribution is 2.20. The minimum Gasteiger partial charge on any atom is -0.466 e. The van der Waals surface area contributed by atoms with Gasteiger partial charge in [0.25, 0.3) is 0 Å². The van der Waals surface area contributed by atoms with E-state index in [1.165, 1.54) is 4.90 Å². The molecule has 113 valence electrons. The summed E-state index contributed by atoms with van der Waals surface area (Å²) in [5.74, 6) is -0.183. The number of ether oxygens (including phenoxy) is 1. The predicted molar refractivity (Wildman–Crippen MR) is 77.8 cm³/mol. The minimum atomic E-state index is -0.912. The van der Waals surface area contributed by atoms with E-state index >= 15 is 0 Å². The van der Waals surface area contributed by atoms with Crippen LogP contribution in [0.3, 0.4) is 0 Å². The molecule has 1 amide bonds. The summed E-state index contributed by atoms with van der Waals surface area (Å²) in [5.41, 5.74) is 3.40. The summed E-state index contributed by atoms with van der Waals surface area (Å²) in [7, 11) is 0.